The molecule has 0 saturated carbocycles. The highest BCUT2D eigenvalue weighted by molar-refractivity contribution is 5.23. The van der Waals surface area contributed by atoms with Crippen LogP contribution in [0.5, 0.6) is 0 Å². The molecule has 1 rings (SSSR count). The van der Waals surface area contributed by atoms with E-state index in [0.29, 0.717) is 0 Å². The quantitative estimate of drug-likeness (QED) is 0.705. The van der Waals surface area contributed by atoms with E-state index in [1.807, 2.05) is 25.2 Å². The molecule has 0 bridgehead atoms. The summed E-state index contributed by atoms with van der Waals surface area (Å²) < 4.78 is 0. The van der Waals surface area contributed by atoms with Crippen LogP contribution in [0.1, 0.15) is 6.92 Å². The molecule has 15 heavy (non-hydrogen) atoms. The van der Waals surface area contributed by atoms with E-state index in [-0.39, 0.29) is 0 Å². The number of allylic oxidation sites excluding steroid dienone is 3. The number of likely N-dealkylation sites (N-methyl/N-ethyl adjacent to an activating group) is 1. The lowest BCUT2D eigenvalue weighted by molar-refractivity contribution is 0.190. The maximum absolute atomic E-state index is 5.68. The van der Waals surface area contributed by atoms with E-state index in [2.05, 4.69) is 23.4 Å². The molecular weight excluding hydrogens is 186 g/mol. The Morgan fingerprint density at radius 1 is 1.20 bits per heavy atom. The van der Waals surface area contributed by atoms with Crippen LogP contribution in [0, 0.1) is 0 Å². The van der Waals surface area contributed by atoms with Gasteiger partial charge in [0.25, 0.3) is 0 Å². The zero-order valence-electron chi connectivity index (χ0n) is 9.74. The first-order chi connectivity index (χ1) is 7.13. The maximum Gasteiger partial charge on any atom is 0.0306 e. The topological polar surface area (TPSA) is 32.5 Å². The standard InChI is InChI=1S/C12H21N3/c1-4-12(13)6-5-11(2)15-9-7-14(3)8-10-15/h4-6H,2,7-10,13H2,1,3H3/b6-5-,12-4+. The number of hydrogen-bond acceptors (Lipinski definition) is 3. The highest BCUT2D eigenvalue weighted by Crippen LogP contribution is 2.08. The van der Waals surface area contributed by atoms with Crippen molar-refractivity contribution in [3.63, 3.8) is 0 Å². The fourth-order valence-corrected chi connectivity index (χ4v) is 1.49. The average molecular weight is 207 g/mol. The Morgan fingerprint density at radius 2 is 1.80 bits per heavy atom. The molecule has 0 aliphatic carbocycles. The van der Waals surface area contributed by atoms with Gasteiger partial charge in [-0.25, -0.2) is 0 Å². The maximum atomic E-state index is 5.68. The molecule has 0 atom stereocenters. The van der Waals surface area contributed by atoms with Gasteiger partial charge >= 0.3 is 0 Å². The molecular formula is C12H21N3. The lowest BCUT2D eigenvalue weighted by Gasteiger charge is -2.34. The molecule has 3 nitrogen and oxygen atoms in total. The van der Waals surface area contributed by atoms with E-state index in [4.69, 9.17) is 5.73 Å². The first-order valence-electron chi connectivity index (χ1n) is 5.35. The van der Waals surface area contributed by atoms with Gasteiger partial charge in [-0.3, -0.25) is 0 Å². The van der Waals surface area contributed by atoms with Crippen molar-refractivity contribution >= 4 is 0 Å². The van der Waals surface area contributed by atoms with Gasteiger partial charge in [0.15, 0.2) is 0 Å². The fraction of sp³-hybridized carbons (Fsp3) is 0.500. The van der Waals surface area contributed by atoms with Crippen molar-refractivity contribution in [2.75, 3.05) is 33.2 Å². The summed E-state index contributed by atoms with van der Waals surface area (Å²) in [6.07, 6.45) is 5.77. The Hall–Kier alpha value is -1.22. The minimum Gasteiger partial charge on any atom is -0.399 e. The fourth-order valence-electron chi connectivity index (χ4n) is 1.49. The van der Waals surface area contributed by atoms with E-state index >= 15 is 0 Å². The summed E-state index contributed by atoms with van der Waals surface area (Å²) in [7, 11) is 2.15. The first kappa shape index (κ1) is 11.9. The molecule has 0 radical (unpaired) electrons. The van der Waals surface area contributed by atoms with Crippen LogP contribution >= 0.6 is 0 Å². The molecule has 1 aliphatic heterocycles. The predicted molar refractivity (Wildman–Crippen MR) is 65.3 cm³/mol. The molecule has 0 unspecified atom stereocenters. The molecule has 84 valence electrons. The van der Waals surface area contributed by atoms with Gasteiger partial charge in [-0.05, 0) is 26.1 Å². The van der Waals surface area contributed by atoms with Crippen molar-refractivity contribution < 1.29 is 0 Å². The number of piperazine rings is 1. The van der Waals surface area contributed by atoms with E-state index in [9.17, 15) is 0 Å². The molecule has 0 spiro atoms. The molecule has 1 saturated heterocycles. The van der Waals surface area contributed by atoms with Gasteiger partial charge in [0.2, 0.25) is 0 Å². The molecule has 2 N–H and O–H groups in total. The van der Waals surface area contributed by atoms with Gasteiger partial charge in [-0.1, -0.05) is 12.7 Å². The Bertz CT molecular complexity index is 271. The Labute approximate surface area is 92.5 Å². The summed E-state index contributed by atoms with van der Waals surface area (Å²) in [5.41, 5.74) is 7.51. The summed E-state index contributed by atoms with van der Waals surface area (Å²) >= 11 is 0. The van der Waals surface area contributed by atoms with Crippen molar-refractivity contribution in [1.29, 1.82) is 0 Å². The second-order valence-electron chi connectivity index (χ2n) is 3.90. The van der Waals surface area contributed by atoms with Gasteiger partial charge in [0.1, 0.15) is 0 Å². The zero-order chi connectivity index (χ0) is 11.3. The van der Waals surface area contributed by atoms with E-state index in [0.717, 1.165) is 37.6 Å². The third-order valence-electron chi connectivity index (χ3n) is 2.71. The molecule has 1 aliphatic rings. The van der Waals surface area contributed by atoms with Crippen molar-refractivity contribution in [1.82, 2.24) is 9.80 Å². The SMILES string of the molecule is C=C(/C=C\C(N)=C/C)N1CCN(C)CC1. The molecule has 0 aromatic rings. The largest absolute Gasteiger partial charge is 0.399 e. The highest BCUT2D eigenvalue weighted by Gasteiger charge is 2.13. The first-order valence-corrected chi connectivity index (χ1v) is 5.35. The monoisotopic (exact) mass is 207 g/mol. The lowest BCUT2D eigenvalue weighted by atomic mass is 10.2. The van der Waals surface area contributed by atoms with Gasteiger partial charge in [0.05, 0.1) is 0 Å². The average Bonchev–Trinajstić information content (AvgIpc) is 2.26. The zero-order valence-corrected chi connectivity index (χ0v) is 9.74. The van der Waals surface area contributed by atoms with E-state index in [1.54, 1.807) is 0 Å². The molecule has 0 amide bonds. The van der Waals surface area contributed by atoms with E-state index in [1.165, 1.54) is 0 Å². The van der Waals surface area contributed by atoms with Crippen LogP contribution in [0.2, 0.25) is 0 Å². The third-order valence-corrected chi connectivity index (χ3v) is 2.71. The molecule has 0 aromatic heterocycles. The minimum absolute atomic E-state index is 0.783. The summed E-state index contributed by atoms with van der Waals surface area (Å²) in [5, 5.41) is 0. The molecule has 1 heterocycles. The third kappa shape index (κ3) is 3.80. The van der Waals surface area contributed by atoms with Crippen molar-refractivity contribution in [3.8, 4) is 0 Å². The Morgan fingerprint density at radius 3 is 2.33 bits per heavy atom. The number of hydrogen-bond donors (Lipinski definition) is 1. The van der Waals surface area contributed by atoms with Gasteiger partial charge in [-0.2, -0.15) is 0 Å². The van der Waals surface area contributed by atoms with Crippen LogP contribution in [0.15, 0.2) is 36.2 Å². The van der Waals surface area contributed by atoms with Crippen LogP contribution < -0.4 is 5.73 Å². The van der Waals surface area contributed by atoms with Crippen LogP contribution in [-0.4, -0.2) is 43.0 Å². The van der Waals surface area contributed by atoms with Crippen LogP contribution in [0.25, 0.3) is 0 Å². The van der Waals surface area contributed by atoms with Crippen molar-refractivity contribution in [3.05, 3.63) is 36.2 Å². The lowest BCUT2D eigenvalue weighted by Crippen LogP contribution is -2.43. The Balaban J connectivity index is 2.44. The van der Waals surface area contributed by atoms with E-state index < -0.39 is 0 Å². The number of rotatable bonds is 3. The smallest absolute Gasteiger partial charge is 0.0306 e. The van der Waals surface area contributed by atoms with Crippen LogP contribution in [-0.2, 0) is 0 Å². The van der Waals surface area contributed by atoms with Crippen molar-refractivity contribution in [2.45, 2.75) is 6.92 Å². The minimum atomic E-state index is 0.783. The highest BCUT2D eigenvalue weighted by atomic mass is 15.2. The molecule has 1 fully saturated rings. The van der Waals surface area contributed by atoms with Gasteiger partial charge < -0.3 is 15.5 Å². The van der Waals surface area contributed by atoms with Crippen LogP contribution in [0.4, 0.5) is 0 Å². The molecule has 0 aromatic carbocycles. The molecule has 3 heteroatoms. The van der Waals surface area contributed by atoms with Gasteiger partial charge in [-0.15, -0.1) is 0 Å². The second-order valence-corrected chi connectivity index (χ2v) is 3.90. The Kier molecular flexibility index (Phi) is 4.43. The summed E-state index contributed by atoms with van der Waals surface area (Å²) in [4.78, 5) is 4.62. The van der Waals surface area contributed by atoms with Crippen LogP contribution in [0.3, 0.4) is 0 Å². The number of nitrogens with zero attached hydrogens (tertiary/aromatic N) is 2. The summed E-state index contributed by atoms with van der Waals surface area (Å²) in [5.74, 6) is 0. The van der Waals surface area contributed by atoms with Crippen molar-refractivity contribution in [2.24, 2.45) is 5.73 Å². The van der Waals surface area contributed by atoms with Gasteiger partial charge in [0, 0.05) is 37.6 Å². The predicted octanol–water partition coefficient (Wildman–Crippen LogP) is 1.17. The number of nitrogens with two attached hydrogens (primary N) is 1. The normalized spacial score (nSPS) is 19.9. The second kappa shape index (κ2) is 5.61. The summed E-state index contributed by atoms with van der Waals surface area (Å²) in [6.45, 7) is 10.3. The summed E-state index contributed by atoms with van der Waals surface area (Å²) in [6, 6.07) is 0.